The molecule has 2 heterocycles. The van der Waals surface area contributed by atoms with Crippen LogP contribution >= 0.6 is 0 Å². The van der Waals surface area contributed by atoms with Crippen LogP contribution in [0.1, 0.15) is 42.5 Å². The van der Waals surface area contributed by atoms with Crippen molar-refractivity contribution in [1.29, 1.82) is 0 Å². The Morgan fingerprint density at radius 3 is 2.91 bits per heavy atom. The second kappa shape index (κ2) is 5.37. The highest BCUT2D eigenvalue weighted by Crippen LogP contribution is 2.40. The number of carboxylic acids is 1. The highest BCUT2D eigenvalue weighted by Gasteiger charge is 2.47. The molecule has 4 rings (SSSR count). The number of hydrogen-bond donors (Lipinski definition) is 2. The number of carboxylic acid groups (broad SMARTS) is 1. The maximum Gasteiger partial charge on any atom is 0.326 e. The first kappa shape index (κ1) is 14.2. The minimum Gasteiger partial charge on any atom is -0.480 e. The first-order valence-electron chi connectivity index (χ1n) is 8.14. The van der Waals surface area contributed by atoms with E-state index in [4.69, 9.17) is 0 Å². The molecule has 1 saturated heterocycles. The Hall–Kier alpha value is -2.37. The van der Waals surface area contributed by atoms with Gasteiger partial charge in [-0.1, -0.05) is 12.8 Å². The summed E-state index contributed by atoms with van der Waals surface area (Å²) in [6.45, 7) is 0. The standard InChI is InChI=1S/C17H19N3O3/c21-16(11-5-6-13-12(7-11)9-18-19-13)20-14-4-2-1-3-10(14)8-15(20)17(22)23/h5-7,9-10,14-15H,1-4,8H2,(H,18,19)(H,22,23). The van der Waals surface area contributed by atoms with Crippen molar-refractivity contribution in [3.8, 4) is 0 Å². The number of carbonyl (C=O) groups excluding carboxylic acids is 1. The molecular formula is C17H19N3O3. The van der Waals surface area contributed by atoms with Gasteiger partial charge in [0.2, 0.25) is 0 Å². The number of aromatic amines is 1. The summed E-state index contributed by atoms with van der Waals surface area (Å²) in [5.74, 6) is -0.738. The van der Waals surface area contributed by atoms with Crippen LogP contribution in [0.25, 0.3) is 10.9 Å². The van der Waals surface area contributed by atoms with Crippen LogP contribution in [0.3, 0.4) is 0 Å². The summed E-state index contributed by atoms with van der Waals surface area (Å²) in [4.78, 5) is 26.3. The maximum atomic E-state index is 13.0. The molecule has 0 radical (unpaired) electrons. The molecule has 2 aliphatic rings. The number of H-pyrrole nitrogens is 1. The number of aromatic nitrogens is 2. The normalized spacial score (nSPS) is 27.1. The van der Waals surface area contributed by atoms with Crippen LogP contribution in [-0.2, 0) is 4.79 Å². The zero-order valence-electron chi connectivity index (χ0n) is 12.7. The van der Waals surface area contributed by atoms with Crippen LogP contribution in [0.2, 0.25) is 0 Å². The van der Waals surface area contributed by atoms with E-state index in [9.17, 15) is 14.7 Å². The summed E-state index contributed by atoms with van der Waals surface area (Å²) in [5.41, 5.74) is 1.41. The molecule has 120 valence electrons. The molecule has 6 nitrogen and oxygen atoms in total. The van der Waals surface area contributed by atoms with E-state index < -0.39 is 12.0 Å². The van der Waals surface area contributed by atoms with Gasteiger partial charge in [0.05, 0.1) is 11.7 Å². The molecule has 2 N–H and O–H groups in total. The number of nitrogens with zero attached hydrogens (tertiary/aromatic N) is 2. The monoisotopic (exact) mass is 313 g/mol. The summed E-state index contributed by atoms with van der Waals surface area (Å²) < 4.78 is 0. The van der Waals surface area contributed by atoms with Crippen LogP contribution in [0, 0.1) is 5.92 Å². The van der Waals surface area contributed by atoms with Gasteiger partial charge in [-0.05, 0) is 43.4 Å². The van der Waals surface area contributed by atoms with Gasteiger partial charge < -0.3 is 10.0 Å². The van der Waals surface area contributed by atoms with Gasteiger partial charge in [0.25, 0.3) is 5.91 Å². The molecule has 1 aromatic heterocycles. The number of amides is 1. The summed E-state index contributed by atoms with van der Waals surface area (Å²) in [7, 11) is 0. The minimum atomic E-state index is -0.892. The lowest BCUT2D eigenvalue weighted by Crippen LogP contribution is -2.46. The zero-order chi connectivity index (χ0) is 16.0. The molecule has 3 unspecified atom stereocenters. The number of fused-ring (bicyclic) bond motifs is 2. The lowest BCUT2D eigenvalue weighted by molar-refractivity contribution is -0.141. The second-order valence-corrected chi connectivity index (χ2v) is 6.59. The lowest BCUT2D eigenvalue weighted by atomic mass is 9.84. The largest absolute Gasteiger partial charge is 0.480 e. The smallest absolute Gasteiger partial charge is 0.326 e. The number of rotatable bonds is 2. The Kier molecular flexibility index (Phi) is 3.32. The molecule has 23 heavy (non-hydrogen) atoms. The first-order chi connectivity index (χ1) is 11.1. The predicted octanol–water partition coefficient (Wildman–Crippen LogP) is 2.42. The molecular weight excluding hydrogens is 294 g/mol. The van der Waals surface area contributed by atoms with Crippen LogP contribution in [-0.4, -0.2) is 44.2 Å². The van der Waals surface area contributed by atoms with Crippen molar-refractivity contribution in [1.82, 2.24) is 15.1 Å². The van der Waals surface area contributed by atoms with Gasteiger partial charge in [-0.25, -0.2) is 4.79 Å². The summed E-state index contributed by atoms with van der Waals surface area (Å²) in [6, 6.07) is 4.72. The predicted molar refractivity (Wildman–Crippen MR) is 84.1 cm³/mol. The van der Waals surface area contributed by atoms with E-state index in [1.165, 1.54) is 0 Å². The fraction of sp³-hybridized carbons (Fsp3) is 0.471. The van der Waals surface area contributed by atoms with Gasteiger partial charge in [0.1, 0.15) is 6.04 Å². The first-order valence-corrected chi connectivity index (χ1v) is 8.14. The molecule has 1 amide bonds. The van der Waals surface area contributed by atoms with E-state index in [1.807, 2.05) is 6.07 Å². The van der Waals surface area contributed by atoms with Crippen LogP contribution in [0.4, 0.5) is 0 Å². The molecule has 2 aromatic rings. The van der Waals surface area contributed by atoms with Crippen molar-refractivity contribution < 1.29 is 14.7 Å². The summed E-state index contributed by atoms with van der Waals surface area (Å²) in [5, 5.41) is 17.2. The number of benzene rings is 1. The van der Waals surface area contributed by atoms with Crippen molar-refractivity contribution in [2.45, 2.75) is 44.2 Å². The fourth-order valence-electron chi connectivity index (χ4n) is 4.20. The number of aliphatic carboxylic acids is 1. The quantitative estimate of drug-likeness (QED) is 0.891. The minimum absolute atomic E-state index is 0.0670. The van der Waals surface area contributed by atoms with Gasteiger partial charge in [0.15, 0.2) is 0 Å². The number of nitrogens with one attached hydrogen (secondary N) is 1. The van der Waals surface area contributed by atoms with E-state index in [-0.39, 0.29) is 11.9 Å². The average molecular weight is 313 g/mol. The van der Waals surface area contributed by atoms with Crippen LogP contribution in [0.5, 0.6) is 0 Å². The van der Waals surface area contributed by atoms with Gasteiger partial charge in [-0.2, -0.15) is 5.10 Å². The second-order valence-electron chi connectivity index (χ2n) is 6.59. The van der Waals surface area contributed by atoms with Crippen molar-refractivity contribution >= 4 is 22.8 Å². The number of likely N-dealkylation sites (tertiary alicyclic amines) is 1. The number of hydrogen-bond acceptors (Lipinski definition) is 3. The third-order valence-electron chi connectivity index (χ3n) is 5.29. The summed E-state index contributed by atoms with van der Waals surface area (Å²) in [6.07, 6.45) is 6.40. The van der Waals surface area contributed by atoms with E-state index in [2.05, 4.69) is 10.2 Å². The van der Waals surface area contributed by atoms with Gasteiger partial charge in [-0.3, -0.25) is 9.89 Å². The Morgan fingerprint density at radius 1 is 1.26 bits per heavy atom. The van der Waals surface area contributed by atoms with Crippen LogP contribution < -0.4 is 0 Å². The Bertz CT molecular complexity index is 769. The molecule has 0 bridgehead atoms. The van der Waals surface area contributed by atoms with Crippen molar-refractivity contribution in [3.63, 3.8) is 0 Å². The third kappa shape index (κ3) is 2.29. The average Bonchev–Trinajstić information content (AvgIpc) is 3.17. The molecule has 1 saturated carbocycles. The molecule has 6 heteroatoms. The Labute approximate surface area is 133 Å². The summed E-state index contributed by atoms with van der Waals surface area (Å²) >= 11 is 0. The van der Waals surface area contributed by atoms with Crippen LogP contribution in [0.15, 0.2) is 24.4 Å². The van der Waals surface area contributed by atoms with E-state index in [0.29, 0.717) is 17.9 Å². The van der Waals surface area contributed by atoms with Gasteiger partial charge in [-0.15, -0.1) is 0 Å². The Balaban J connectivity index is 1.70. The zero-order valence-corrected chi connectivity index (χ0v) is 12.7. The maximum absolute atomic E-state index is 13.0. The SMILES string of the molecule is O=C(O)C1CC2CCCCC2N1C(=O)c1ccc2[nH]ncc2c1. The van der Waals surface area contributed by atoms with E-state index in [1.54, 1.807) is 23.2 Å². The lowest BCUT2D eigenvalue weighted by Gasteiger charge is -2.33. The highest BCUT2D eigenvalue weighted by atomic mass is 16.4. The number of carbonyl (C=O) groups is 2. The molecule has 2 fully saturated rings. The van der Waals surface area contributed by atoms with E-state index >= 15 is 0 Å². The molecule has 1 aromatic carbocycles. The van der Waals surface area contributed by atoms with Crippen molar-refractivity contribution in [2.24, 2.45) is 5.92 Å². The topological polar surface area (TPSA) is 86.3 Å². The fourth-order valence-corrected chi connectivity index (χ4v) is 4.20. The highest BCUT2D eigenvalue weighted by molar-refractivity contribution is 6.00. The molecule has 1 aliphatic carbocycles. The third-order valence-corrected chi connectivity index (χ3v) is 5.29. The van der Waals surface area contributed by atoms with E-state index in [0.717, 1.165) is 36.6 Å². The molecule has 3 atom stereocenters. The van der Waals surface area contributed by atoms with Gasteiger partial charge in [0, 0.05) is 17.0 Å². The van der Waals surface area contributed by atoms with Gasteiger partial charge >= 0.3 is 5.97 Å². The molecule has 0 spiro atoms. The van der Waals surface area contributed by atoms with Crippen molar-refractivity contribution in [2.75, 3.05) is 0 Å². The molecule has 1 aliphatic heterocycles. The Morgan fingerprint density at radius 2 is 2.09 bits per heavy atom. The van der Waals surface area contributed by atoms with Crippen molar-refractivity contribution in [3.05, 3.63) is 30.0 Å².